The lowest BCUT2D eigenvalue weighted by atomic mass is 9.94. The van der Waals surface area contributed by atoms with Crippen molar-refractivity contribution in [2.45, 2.75) is 25.8 Å². The van der Waals surface area contributed by atoms with E-state index in [-0.39, 0.29) is 24.9 Å². The Hall–Kier alpha value is -1.43. The van der Waals surface area contributed by atoms with Crippen molar-refractivity contribution < 1.29 is 13.5 Å². The molecule has 0 unspecified atom stereocenters. The van der Waals surface area contributed by atoms with Crippen molar-refractivity contribution in [2.75, 3.05) is 32.8 Å². The van der Waals surface area contributed by atoms with Crippen molar-refractivity contribution in [1.29, 1.82) is 0 Å². The number of halogens is 3. The van der Waals surface area contributed by atoms with Crippen LogP contribution < -0.4 is 10.1 Å². The quantitative estimate of drug-likeness (QED) is 0.822. The highest BCUT2D eigenvalue weighted by Crippen LogP contribution is 2.39. The molecule has 0 aliphatic carbocycles. The standard InChI is InChI=1S/C19H24F2N2O.ClH/c1-2-24-17-8-7-14-5-3-4-6-15(14)19(17)16(13-18(20)21)23-11-9-22-10-12-23;/h3-8,16,18,22H,2,9-13H2,1H3;1H/t16-;/m1./s1. The third-order valence-corrected chi connectivity index (χ3v) is 4.56. The molecule has 3 nitrogen and oxygen atoms in total. The van der Waals surface area contributed by atoms with Crippen molar-refractivity contribution in [3.63, 3.8) is 0 Å². The maximum atomic E-state index is 13.4. The van der Waals surface area contributed by atoms with Crippen LogP contribution in [0.25, 0.3) is 10.8 Å². The summed E-state index contributed by atoms with van der Waals surface area (Å²) in [5.41, 5.74) is 0.900. The van der Waals surface area contributed by atoms with Crippen molar-refractivity contribution >= 4 is 23.2 Å². The maximum absolute atomic E-state index is 13.4. The van der Waals surface area contributed by atoms with Gasteiger partial charge in [0, 0.05) is 44.2 Å². The van der Waals surface area contributed by atoms with Gasteiger partial charge < -0.3 is 10.1 Å². The minimum Gasteiger partial charge on any atom is -0.494 e. The van der Waals surface area contributed by atoms with Gasteiger partial charge in [0.25, 0.3) is 0 Å². The Labute approximate surface area is 153 Å². The first-order valence-corrected chi connectivity index (χ1v) is 8.58. The zero-order valence-electron chi connectivity index (χ0n) is 14.4. The summed E-state index contributed by atoms with van der Waals surface area (Å²) in [6.07, 6.45) is -2.52. The fourth-order valence-electron chi connectivity index (χ4n) is 3.51. The van der Waals surface area contributed by atoms with Gasteiger partial charge >= 0.3 is 0 Å². The van der Waals surface area contributed by atoms with Gasteiger partial charge in [0.05, 0.1) is 6.61 Å². The topological polar surface area (TPSA) is 24.5 Å². The number of fused-ring (bicyclic) bond motifs is 1. The number of ether oxygens (including phenoxy) is 1. The highest BCUT2D eigenvalue weighted by atomic mass is 35.5. The lowest BCUT2D eigenvalue weighted by Gasteiger charge is -2.36. The molecule has 2 aromatic carbocycles. The van der Waals surface area contributed by atoms with Gasteiger partial charge in [-0.2, -0.15) is 0 Å². The summed E-state index contributed by atoms with van der Waals surface area (Å²) >= 11 is 0. The first-order valence-electron chi connectivity index (χ1n) is 8.58. The molecule has 3 rings (SSSR count). The molecule has 25 heavy (non-hydrogen) atoms. The number of rotatable bonds is 6. The molecule has 1 N–H and O–H groups in total. The first kappa shape index (κ1) is 19.9. The zero-order chi connectivity index (χ0) is 16.9. The molecule has 6 heteroatoms. The van der Waals surface area contributed by atoms with Crippen molar-refractivity contribution in [3.05, 3.63) is 42.0 Å². The van der Waals surface area contributed by atoms with Crippen molar-refractivity contribution in [2.24, 2.45) is 0 Å². The van der Waals surface area contributed by atoms with Crippen LogP contribution in [0.5, 0.6) is 5.75 Å². The molecule has 0 saturated carbocycles. The van der Waals surface area contributed by atoms with Gasteiger partial charge in [-0.05, 0) is 23.8 Å². The molecule has 2 aromatic rings. The Bertz CT molecular complexity index is 678. The van der Waals surface area contributed by atoms with Crippen LogP contribution in [0.15, 0.2) is 36.4 Å². The lowest BCUT2D eigenvalue weighted by Crippen LogP contribution is -2.45. The van der Waals surface area contributed by atoms with E-state index in [2.05, 4.69) is 10.2 Å². The summed E-state index contributed by atoms with van der Waals surface area (Å²) in [5.74, 6) is 0.723. The predicted octanol–water partition coefficient (Wildman–Crippen LogP) is 4.26. The van der Waals surface area contributed by atoms with Gasteiger partial charge in [0.15, 0.2) is 0 Å². The van der Waals surface area contributed by atoms with E-state index in [1.165, 1.54) is 0 Å². The molecule has 1 aliphatic rings. The minimum absolute atomic E-state index is 0. The average Bonchev–Trinajstić information content (AvgIpc) is 2.61. The van der Waals surface area contributed by atoms with Crippen LogP contribution in [0.4, 0.5) is 8.78 Å². The van der Waals surface area contributed by atoms with E-state index >= 15 is 0 Å². The Kier molecular flexibility index (Phi) is 7.41. The second kappa shape index (κ2) is 9.32. The average molecular weight is 371 g/mol. The molecule has 0 bridgehead atoms. The molecule has 0 amide bonds. The molecule has 1 fully saturated rings. The number of nitrogens with zero attached hydrogens (tertiary/aromatic N) is 1. The third kappa shape index (κ3) is 4.60. The summed E-state index contributed by atoms with van der Waals surface area (Å²) in [4.78, 5) is 2.16. The van der Waals surface area contributed by atoms with Crippen LogP contribution >= 0.6 is 12.4 Å². The van der Waals surface area contributed by atoms with Crippen LogP contribution in [0.3, 0.4) is 0 Å². The third-order valence-electron chi connectivity index (χ3n) is 4.56. The zero-order valence-corrected chi connectivity index (χ0v) is 15.2. The molecule has 1 atom stereocenters. The summed E-state index contributed by atoms with van der Waals surface area (Å²) in [7, 11) is 0. The van der Waals surface area contributed by atoms with E-state index < -0.39 is 6.43 Å². The van der Waals surface area contributed by atoms with Crippen LogP contribution in [-0.2, 0) is 0 Å². The largest absolute Gasteiger partial charge is 0.494 e. The normalized spacial score (nSPS) is 16.6. The second-order valence-corrected chi connectivity index (χ2v) is 6.06. The Morgan fingerprint density at radius 2 is 1.84 bits per heavy atom. The van der Waals surface area contributed by atoms with Gasteiger partial charge in [-0.3, -0.25) is 4.90 Å². The number of piperazine rings is 1. The van der Waals surface area contributed by atoms with Crippen LogP contribution in [0.1, 0.15) is 24.9 Å². The molecule has 0 radical (unpaired) electrons. The smallest absolute Gasteiger partial charge is 0.240 e. The molecular weight excluding hydrogens is 346 g/mol. The van der Waals surface area contributed by atoms with Crippen molar-refractivity contribution in [3.8, 4) is 5.75 Å². The highest BCUT2D eigenvalue weighted by Gasteiger charge is 2.29. The molecule has 0 spiro atoms. The van der Waals surface area contributed by atoms with E-state index in [0.29, 0.717) is 6.61 Å². The van der Waals surface area contributed by atoms with Crippen molar-refractivity contribution in [1.82, 2.24) is 10.2 Å². The van der Waals surface area contributed by atoms with Gasteiger partial charge in [-0.25, -0.2) is 8.78 Å². The maximum Gasteiger partial charge on any atom is 0.240 e. The van der Waals surface area contributed by atoms with Gasteiger partial charge in [-0.1, -0.05) is 30.3 Å². The van der Waals surface area contributed by atoms with Crippen LogP contribution in [0.2, 0.25) is 0 Å². The first-order chi connectivity index (χ1) is 11.7. The number of hydrogen-bond donors (Lipinski definition) is 1. The van der Waals surface area contributed by atoms with E-state index in [1.54, 1.807) is 0 Å². The van der Waals surface area contributed by atoms with Crippen LogP contribution in [0, 0.1) is 0 Å². The monoisotopic (exact) mass is 370 g/mol. The number of hydrogen-bond acceptors (Lipinski definition) is 3. The Morgan fingerprint density at radius 3 is 2.52 bits per heavy atom. The number of alkyl halides is 2. The SMILES string of the molecule is CCOc1ccc2ccccc2c1[C@@H](CC(F)F)N1CCNCC1.Cl. The summed E-state index contributed by atoms with van der Waals surface area (Å²) in [6.45, 7) is 5.64. The highest BCUT2D eigenvalue weighted by molar-refractivity contribution is 5.88. The summed E-state index contributed by atoms with van der Waals surface area (Å²) < 4.78 is 32.5. The molecular formula is C19H25ClF2N2O. The summed E-state index contributed by atoms with van der Waals surface area (Å²) in [5, 5.41) is 5.36. The van der Waals surface area contributed by atoms with Crippen LogP contribution in [-0.4, -0.2) is 44.1 Å². The van der Waals surface area contributed by atoms with E-state index in [9.17, 15) is 8.78 Å². The molecule has 1 aliphatic heterocycles. The molecule has 1 heterocycles. The lowest BCUT2D eigenvalue weighted by molar-refractivity contribution is 0.0733. The number of benzene rings is 2. The van der Waals surface area contributed by atoms with E-state index in [1.807, 2.05) is 43.3 Å². The van der Waals surface area contributed by atoms with Gasteiger partial charge in [0.2, 0.25) is 6.43 Å². The number of nitrogens with one attached hydrogen (secondary N) is 1. The molecule has 0 aromatic heterocycles. The molecule has 1 saturated heterocycles. The second-order valence-electron chi connectivity index (χ2n) is 6.06. The summed E-state index contributed by atoms with van der Waals surface area (Å²) in [6, 6.07) is 11.5. The van der Waals surface area contributed by atoms with E-state index in [4.69, 9.17) is 4.74 Å². The Balaban J connectivity index is 0.00000225. The Morgan fingerprint density at radius 1 is 1.12 bits per heavy atom. The predicted molar refractivity (Wildman–Crippen MR) is 100 cm³/mol. The fraction of sp³-hybridized carbons (Fsp3) is 0.474. The van der Waals surface area contributed by atoms with Gasteiger partial charge in [0.1, 0.15) is 5.75 Å². The fourth-order valence-corrected chi connectivity index (χ4v) is 3.51. The minimum atomic E-state index is -2.35. The van der Waals surface area contributed by atoms with E-state index in [0.717, 1.165) is 48.3 Å². The molecule has 138 valence electrons. The van der Waals surface area contributed by atoms with Gasteiger partial charge in [-0.15, -0.1) is 12.4 Å².